The fourth-order valence-corrected chi connectivity index (χ4v) is 6.41. The minimum atomic E-state index is -2.70. The average Bonchev–Trinajstić information content (AvgIpc) is 3.02. The van der Waals surface area contributed by atoms with E-state index < -0.39 is 8.80 Å². The first-order valence-corrected chi connectivity index (χ1v) is 16.7. The lowest BCUT2D eigenvalue weighted by atomic mass is 10.1. The van der Waals surface area contributed by atoms with Crippen molar-refractivity contribution in [1.82, 2.24) is 9.97 Å². The Morgan fingerprint density at radius 2 is 1.14 bits per heavy atom. The minimum absolute atomic E-state index is 0.583. The maximum Gasteiger partial charge on any atom is 0.529 e. The summed E-state index contributed by atoms with van der Waals surface area (Å²) in [7, 11) is -2.70. The molecule has 0 amide bonds. The molecule has 0 saturated carbocycles. The maximum absolute atomic E-state index is 6.32. The number of para-hydroxylation sites is 1. The molecule has 2 aromatic heterocycles. The number of unbranched alkanes of at least 4 members (excludes halogenated alkanes) is 5. The van der Waals surface area contributed by atoms with Gasteiger partial charge >= 0.3 is 8.80 Å². The molecule has 2 heterocycles. The van der Waals surface area contributed by atoms with Gasteiger partial charge in [0.1, 0.15) is 0 Å². The highest BCUT2D eigenvalue weighted by atomic mass is 28.4. The van der Waals surface area contributed by atoms with E-state index in [1.54, 1.807) is 24.8 Å². The molecule has 0 saturated heterocycles. The average molecular weight is 583 g/mol. The molecule has 0 bridgehead atoms. The predicted molar refractivity (Wildman–Crippen MR) is 170 cm³/mol. The van der Waals surface area contributed by atoms with Crippen LogP contribution in [-0.4, -0.2) is 45.2 Å². The summed E-state index contributed by atoms with van der Waals surface area (Å²) in [5.74, 6) is 13.7. The third kappa shape index (κ3) is 11.6. The number of ether oxygens (including phenoxy) is 1. The molecule has 0 radical (unpaired) electrons. The molecule has 1 aromatic carbocycles. The Labute approximate surface area is 252 Å². The van der Waals surface area contributed by atoms with Crippen LogP contribution >= 0.6 is 0 Å². The van der Waals surface area contributed by atoms with Crippen LogP contribution in [0.15, 0.2) is 79.0 Å². The number of nitrogens with zero attached hydrogens (tertiary/aromatic N) is 2. The first-order chi connectivity index (χ1) is 20.7. The molecule has 0 atom stereocenters. The third-order valence-corrected chi connectivity index (χ3v) is 8.90. The molecule has 0 unspecified atom stereocenters. The summed E-state index contributed by atoms with van der Waals surface area (Å²) >= 11 is 0. The number of hydrogen-bond donors (Lipinski definition) is 0. The fourth-order valence-electron chi connectivity index (χ4n) is 4.21. The molecular weight excluding hydrogens is 540 g/mol. The molecule has 0 N–H and O–H groups in total. The van der Waals surface area contributed by atoms with Crippen molar-refractivity contribution in [3.63, 3.8) is 0 Å². The SMILES string of the molecule is CCO[Si](/C=C/CCCCCCCOc1c(C#Cc2ccncc2)cccc1C#Cc1ccncc1)(OCC)OCC. The molecule has 3 rings (SSSR count). The Bertz CT molecular complexity index is 1250. The number of aromatic nitrogens is 2. The normalized spacial score (nSPS) is 11.0. The van der Waals surface area contributed by atoms with E-state index in [1.165, 1.54) is 0 Å². The monoisotopic (exact) mass is 582 g/mol. The second-order valence-electron chi connectivity index (χ2n) is 9.36. The minimum Gasteiger partial charge on any atom is -0.491 e. The third-order valence-electron chi connectivity index (χ3n) is 6.18. The van der Waals surface area contributed by atoms with E-state index in [9.17, 15) is 0 Å². The lowest BCUT2D eigenvalue weighted by Gasteiger charge is -2.25. The number of pyridine rings is 2. The summed E-state index contributed by atoms with van der Waals surface area (Å²) in [5, 5.41) is 0. The second kappa shape index (κ2) is 19.4. The summed E-state index contributed by atoms with van der Waals surface area (Å²) in [4.78, 5) is 8.14. The zero-order valence-electron chi connectivity index (χ0n) is 25.1. The highest BCUT2D eigenvalue weighted by Crippen LogP contribution is 2.24. The van der Waals surface area contributed by atoms with Gasteiger partial charge in [0.15, 0.2) is 5.75 Å². The highest BCUT2D eigenvalue weighted by Gasteiger charge is 2.37. The van der Waals surface area contributed by atoms with Gasteiger partial charge in [-0.2, -0.15) is 0 Å². The Morgan fingerprint density at radius 1 is 0.643 bits per heavy atom. The summed E-state index contributed by atoms with van der Waals surface area (Å²) in [6.07, 6.45) is 15.6. The number of allylic oxidation sites excluding steroid dienone is 1. The standard InChI is InChI=1S/C35H42N2O4Si/c1-4-39-42(40-5-2,41-6-3)30-13-11-9-7-8-10-12-29-38-35-33(19-17-31-21-25-36-26-22-31)15-14-16-34(35)20-18-32-23-27-37-28-24-32/h13-16,21-28,30H,4-12,29H2,1-3H3/b30-13+. The van der Waals surface area contributed by atoms with Crippen molar-refractivity contribution >= 4 is 8.80 Å². The lowest BCUT2D eigenvalue weighted by molar-refractivity contribution is 0.0842. The van der Waals surface area contributed by atoms with Crippen LogP contribution < -0.4 is 4.74 Å². The molecule has 0 aliphatic rings. The van der Waals surface area contributed by atoms with Crippen LogP contribution in [0.25, 0.3) is 0 Å². The molecular formula is C35H42N2O4Si. The zero-order valence-corrected chi connectivity index (χ0v) is 26.1. The second-order valence-corrected chi connectivity index (χ2v) is 11.8. The number of rotatable bonds is 16. The van der Waals surface area contributed by atoms with E-state index in [-0.39, 0.29) is 0 Å². The van der Waals surface area contributed by atoms with Gasteiger partial charge in [0, 0.05) is 55.7 Å². The fraction of sp³-hybridized carbons (Fsp3) is 0.371. The summed E-state index contributed by atoms with van der Waals surface area (Å²) in [6.45, 7) is 8.29. The van der Waals surface area contributed by atoms with Crippen molar-refractivity contribution in [2.75, 3.05) is 26.4 Å². The molecule has 3 aromatic rings. The van der Waals surface area contributed by atoms with Crippen molar-refractivity contribution in [3.8, 4) is 29.4 Å². The van der Waals surface area contributed by atoms with E-state index >= 15 is 0 Å². The van der Waals surface area contributed by atoms with E-state index in [2.05, 4.69) is 39.7 Å². The Morgan fingerprint density at radius 3 is 1.67 bits per heavy atom. The largest absolute Gasteiger partial charge is 0.529 e. The Kier molecular flexibility index (Phi) is 15.2. The summed E-state index contributed by atoms with van der Waals surface area (Å²) < 4.78 is 24.0. The van der Waals surface area contributed by atoms with Crippen LogP contribution in [0.3, 0.4) is 0 Å². The summed E-state index contributed by atoms with van der Waals surface area (Å²) in [6, 6.07) is 13.5. The van der Waals surface area contributed by atoms with E-state index in [1.807, 2.05) is 68.9 Å². The Hall–Kier alpha value is -3.72. The molecule has 0 spiro atoms. The van der Waals surface area contributed by atoms with Crippen molar-refractivity contribution in [3.05, 3.63) is 101 Å². The maximum atomic E-state index is 6.32. The van der Waals surface area contributed by atoms with Gasteiger partial charge in [-0.1, -0.05) is 55.1 Å². The lowest BCUT2D eigenvalue weighted by Crippen LogP contribution is -2.44. The molecule has 0 aliphatic heterocycles. The van der Waals surface area contributed by atoms with Gasteiger partial charge in [0.25, 0.3) is 0 Å². The van der Waals surface area contributed by atoms with Crippen molar-refractivity contribution in [1.29, 1.82) is 0 Å². The molecule has 42 heavy (non-hydrogen) atoms. The van der Waals surface area contributed by atoms with Gasteiger partial charge < -0.3 is 18.0 Å². The number of benzene rings is 1. The van der Waals surface area contributed by atoms with Gasteiger partial charge in [0.05, 0.1) is 17.7 Å². The van der Waals surface area contributed by atoms with E-state index in [0.717, 1.165) is 66.5 Å². The smallest absolute Gasteiger partial charge is 0.491 e. The van der Waals surface area contributed by atoms with Gasteiger partial charge in [0.2, 0.25) is 0 Å². The first-order valence-electron chi connectivity index (χ1n) is 14.9. The number of hydrogen-bond acceptors (Lipinski definition) is 6. The van der Waals surface area contributed by atoms with Crippen LogP contribution in [0.1, 0.15) is 81.5 Å². The van der Waals surface area contributed by atoms with Gasteiger partial charge in [-0.25, -0.2) is 0 Å². The van der Waals surface area contributed by atoms with Crippen molar-refractivity contribution in [2.45, 2.75) is 59.3 Å². The molecule has 6 nitrogen and oxygen atoms in total. The van der Waals surface area contributed by atoms with Crippen LogP contribution in [0.5, 0.6) is 5.75 Å². The van der Waals surface area contributed by atoms with Gasteiger partial charge in [-0.3, -0.25) is 9.97 Å². The molecule has 0 fully saturated rings. The highest BCUT2D eigenvalue weighted by molar-refractivity contribution is 6.66. The topological polar surface area (TPSA) is 62.7 Å². The Balaban J connectivity index is 1.53. The van der Waals surface area contributed by atoms with Crippen LogP contribution in [0.4, 0.5) is 0 Å². The molecule has 0 aliphatic carbocycles. The quantitative estimate of drug-likeness (QED) is 0.102. The van der Waals surface area contributed by atoms with Crippen LogP contribution in [-0.2, 0) is 13.3 Å². The van der Waals surface area contributed by atoms with Crippen molar-refractivity contribution < 1.29 is 18.0 Å². The van der Waals surface area contributed by atoms with E-state index in [0.29, 0.717) is 26.4 Å². The van der Waals surface area contributed by atoms with Gasteiger partial charge in [-0.05, 0) is 82.1 Å². The zero-order chi connectivity index (χ0) is 29.7. The summed E-state index contributed by atoms with van der Waals surface area (Å²) in [5.41, 5.74) is 5.50. The molecule has 7 heteroatoms. The van der Waals surface area contributed by atoms with Gasteiger partial charge in [-0.15, -0.1) is 0 Å². The van der Waals surface area contributed by atoms with E-state index in [4.69, 9.17) is 18.0 Å². The predicted octanol–water partition coefficient (Wildman–Crippen LogP) is 7.14. The van der Waals surface area contributed by atoms with Crippen LogP contribution in [0, 0.1) is 23.7 Å². The van der Waals surface area contributed by atoms with Crippen LogP contribution in [0.2, 0.25) is 0 Å². The first kappa shape index (κ1) is 32.8. The van der Waals surface area contributed by atoms with Crippen molar-refractivity contribution in [2.24, 2.45) is 0 Å². The molecule has 220 valence electrons.